The number of esters is 1. The molecule has 2 aromatic rings. The lowest BCUT2D eigenvalue weighted by Gasteiger charge is -2.40. The van der Waals surface area contributed by atoms with Gasteiger partial charge in [0.25, 0.3) is 5.91 Å². The van der Waals surface area contributed by atoms with Gasteiger partial charge in [-0.15, -0.1) is 0 Å². The number of hydrogen-bond acceptors (Lipinski definition) is 4. The van der Waals surface area contributed by atoms with Gasteiger partial charge in [0.15, 0.2) is 0 Å². The van der Waals surface area contributed by atoms with Gasteiger partial charge in [-0.05, 0) is 49.4 Å². The Morgan fingerprint density at radius 3 is 2.43 bits per heavy atom. The zero-order valence-corrected chi connectivity index (χ0v) is 21.8. The number of nitrogens with zero attached hydrogens (tertiary/aromatic N) is 1. The van der Waals surface area contributed by atoms with Gasteiger partial charge in [0.05, 0.1) is 40.4 Å². The molecule has 1 aliphatic heterocycles. The zero-order valence-electron chi connectivity index (χ0n) is 21.0. The van der Waals surface area contributed by atoms with Crippen molar-refractivity contribution in [2.24, 2.45) is 5.92 Å². The highest BCUT2D eigenvalue weighted by Gasteiger charge is 2.37. The molecule has 1 saturated heterocycles. The normalized spacial score (nSPS) is 18.1. The quantitative estimate of drug-likeness (QED) is 0.313. The van der Waals surface area contributed by atoms with E-state index in [1.165, 1.54) is 25.3 Å². The van der Waals surface area contributed by atoms with Gasteiger partial charge < -0.3 is 15.0 Å². The van der Waals surface area contributed by atoms with Crippen molar-refractivity contribution in [1.82, 2.24) is 4.90 Å². The molecule has 1 heterocycles. The average molecular weight is 541 g/mol. The fourth-order valence-corrected chi connectivity index (χ4v) is 4.96. The largest absolute Gasteiger partial charge is 0.469 e. The lowest BCUT2D eigenvalue weighted by molar-refractivity contribution is -0.147. The fourth-order valence-electron chi connectivity index (χ4n) is 4.70. The molecule has 200 valence electrons. The summed E-state index contributed by atoms with van der Waals surface area (Å²) in [7, 11) is 1.32. The van der Waals surface area contributed by atoms with Gasteiger partial charge in [0.1, 0.15) is 5.82 Å². The Bertz CT molecular complexity index is 1210. The number of benzene rings is 2. The van der Waals surface area contributed by atoms with E-state index in [4.69, 9.17) is 16.3 Å². The van der Waals surface area contributed by atoms with Crippen molar-refractivity contribution in [2.45, 2.75) is 51.7 Å². The number of carbonyl (C=O) groups is 2. The summed E-state index contributed by atoms with van der Waals surface area (Å²) in [5.74, 6) is -2.59. The van der Waals surface area contributed by atoms with Crippen LogP contribution in [0, 0.1) is 11.7 Å². The number of anilines is 1. The third-order valence-corrected chi connectivity index (χ3v) is 6.95. The van der Waals surface area contributed by atoms with E-state index < -0.39 is 29.0 Å². The first-order valence-corrected chi connectivity index (χ1v) is 12.2. The summed E-state index contributed by atoms with van der Waals surface area (Å²) in [4.78, 5) is 26.9. The molecular formula is C27H29ClF4N2O3. The molecule has 1 amide bonds. The summed E-state index contributed by atoms with van der Waals surface area (Å²) in [5, 5.41) is 2.05. The summed E-state index contributed by atoms with van der Waals surface area (Å²) in [6, 6.07) is 5.77. The SMILES string of the molecule is C=C(c1c(NC(=O)c2c(Cl)cccc2C(F)(F)F)ccc(C(C)C)c1F)N1CCC(C(=O)OC)CC1C. The number of nitrogens with one attached hydrogen (secondary N) is 1. The lowest BCUT2D eigenvalue weighted by Crippen LogP contribution is -2.42. The fraction of sp³-hybridized carbons (Fsp3) is 0.407. The number of halogens is 5. The summed E-state index contributed by atoms with van der Waals surface area (Å²) >= 11 is 5.99. The van der Waals surface area contributed by atoms with E-state index in [0.29, 0.717) is 24.9 Å². The van der Waals surface area contributed by atoms with Gasteiger partial charge in [0.2, 0.25) is 0 Å². The molecule has 37 heavy (non-hydrogen) atoms. The predicted molar refractivity (Wildman–Crippen MR) is 135 cm³/mol. The molecule has 0 bridgehead atoms. The highest BCUT2D eigenvalue weighted by molar-refractivity contribution is 6.34. The minimum absolute atomic E-state index is 0.0245. The Balaban J connectivity index is 2.03. The van der Waals surface area contributed by atoms with Gasteiger partial charge >= 0.3 is 12.1 Å². The maximum atomic E-state index is 15.9. The zero-order chi connectivity index (χ0) is 27.7. The second-order valence-corrected chi connectivity index (χ2v) is 9.80. The van der Waals surface area contributed by atoms with E-state index in [0.717, 1.165) is 12.1 Å². The molecule has 10 heteroatoms. The Morgan fingerprint density at radius 2 is 1.86 bits per heavy atom. The molecule has 1 fully saturated rings. The Labute approximate surface area is 218 Å². The van der Waals surface area contributed by atoms with E-state index in [-0.39, 0.29) is 45.8 Å². The van der Waals surface area contributed by atoms with Crippen molar-refractivity contribution in [3.63, 3.8) is 0 Å². The third-order valence-electron chi connectivity index (χ3n) is 6.63. The van der Waals surface area contributed by atoms with Crippen molar-refractivity contribution >= 4 is 34.9 Å². The molecule has 0 radical (unpaired) electrons. The van der Waals surface area contributed by atoms with Crippen LogP contribution in [0.1, 0.15) is 66.6 Å². The molecule has 1 aliphatic rings. The monoisotopic (exact) mass is 540 g/mol. The van der Waals surface area contributed by atoms with Gasteiger partial charge in [-0.25, -0.2) is 4.39 Å². The maximum Gasteiger partial charge on any atom is 0.417 e. The van der Waals surface area contributed by atoms with E-state index in [1.807, 2.05) is 11.8 Å². The molecule has 0 aliphatic carbocycles. The molecule has 0 saturated carbocycles. The number of hydrogen-bond donors (Lipinski definition) is 1. The van der Waals surface area contributed by atoms with E-state index >= 15 is 4.39 Å². The Kier molecular flexibility index (Phi) is 8.57. The second kappa shape index (κ2) is 11.1. The van der Waals surface area contributed by atoms with Gasteiger partial charge in [-0.3, -0.25) is 9.59 Å². The topological polar surface area (TPSA) is 58.6 Å². The van der Waals surface area contributed by atoms with Crippen molar-refractivity contribution in [1.29, 1.82) is 0 Å². The number of piperidine rings is 1. The van der Waals surface area contributed by atoms with Crippen LogP contribution in [0.4, 0.5) is 23.2 Å². The minimum Gasteiger partial charge on any atom is -0.469 e. The summed E-state index contributed by atoms with van der Waals surface area (Å²) in [5.41, 5.74) is -1.40. The molecule has 2 unspecified atom stereocenters. The highest BCUT2D eigenvalue weighted by atomic mass is 35.5. The first kappa shape index (κ1) is 28.5. The molecule has 5 nitrogen and oxygen atoms in total. The summed E-state index contributed by atoms with van der Waals surface area (Å²) in [6.07, 6.45) is -3.92. The van der Waals surface area contributed by atoms with Crippen molar-refractivity contribution in [3.05, 3.63) is 70.0 Å². The predicted octanol–water partition coefficient (Wildman–Crippen LogP) is 7.12. The van der Waals surface area contributed by atoms with Gasteiger partial charge in [0, 0.05) is 18.3 Å². The van der Waals surface area contributed by atoms with E-state index in [9.17, 15) is 22.8 Å². The van der Waals surface area contributed by atoms with Crippen molar-refractivity contribution in [3.8, 4) is 0 Å². The highest BCUT2D eigenvalue weighted by Crippen LogP contribution is 2.39. The molecule has 0 aromatic heterocycles. The number of carbonyl (C=O) groups excluding carboxylic acids is 2. The van der Waals surface area contributed by atoms with Crippen LogP contribution in [0.25, 0.3) is 5.70 Å². The first-order valence-electron chi connectivity index (χ1n) is 11.8. The minimum atomic E-state index is -4.82. The number of rotatable bonds is 6. The number of ether oxygens (including phenoxy) is 1. The molecule has 2 atom stereocenters. The van der Waals surface area contributed by atoms with Crippen LogP contribution in [0.3, 0.4) is 0 Å². The first-order chi connectivity index (χ1) is 17.3. The third kappa shape index (κ3) is 5.92. The number of alkyl halides is 3. The van der Waals surface area contributed by atoms with Crippen LogP contribution in [0.15, 0.2) is 36.9 Å². The van der Waals surface area contributed by atoms with Crippen LogP contribution in [0.5, 0.6) is 0 Å². The Morgan fingerprint density at radius 1 is 1.19 bits per heavy atom. The molecule has 3 rings (SSSR count). The molecule has 2 aromatic carbocycles. The van der Waals surface area contributed by atoms with Crippen LogP contribution < -0.4 is 5.32 Å². The summed E-state index contributed by atoms with van der Waals surface area (Å²) in [6.45, 7) is 9.91. The van der Waals surface area contributed by atoms with Crippen LogP contribution in [-0.2, 0) is 15.7 Å². The van der Waals surface area contributed by atoms with E-state index in [1.54, 1.807) is 13.8 Å². The van der Waals surface area contributed by atoms with Crippen molar-refractivity contribution < 1.29 is 31.9 Å². The van der Waals surface area contributed by atoms with E-state index in [2.05, 4.69) is 11.9 Å². The lowest BCUT2D eigenvalue weighted by atomic mass is 9.89. The molecule has 1 N–H and O–H groups in total. The van der Waals surface area contributed by atoms with Crippen molar-refractivity contribution in [2.75, 3.05) is 19.0 Å². The number of amides is 1. The maximum absolute atomic E-state index is 15.9. The number of likely N-dealkylation sites (tertiary alicyclic amines) is 1. The van der Waals surface area contributed by atoms with Gasteiger partial charge in [-0.2, -0.15) is 13.2 Å². The molecule has 0 spiro atoms. The summed E-state index contributed by atoms with van der Waals surface area (Å²) < 4.78 is 61.5. The second-order valence-electron chi connectivity index (χ2n) is 9.39. The van der Waals surface area contributed by atoms with Crippen LogP contribution in [0.2, 0.25) is 5.02 Å². The Hall–Kier alpha value is -3.07. The van der Waals surface area contributed by atoms with Gasteiger partial charge in [-0.1, -0.05) is 44.2 Å². The smallest absolute Gasteiger partial charge is 0.417 e. The molecular weight excluding hydrogens is 512 g/mol. The van der Waals surface area contributed by atoms with Crippen LogP contribution in [-0.4, -0.2) is 36.5 Å². The average Bonchev–Trinajstić information content (AvgIpc) is 2.82. The standard InChI is InChI=1S/C27H29ClF4N2O3/c1-14(2)18-9-10-21(33-25(35)23-19(27(30,31)32)7-6-8-20(23)28)22(24(18)29)16(4)34-12-11-17(13-15(34)3)26(36)37-5/h6-10,14-15,17H,4,11-13H2,1-3,5H3,(H,33,35). The number of methoxy groups -OCH3 is 1. The van der Waals surface area contributed by atoms with Crippen LogP contribution >= 0.6 is 11.6 Å².